The maximum Gasteiger partial charge on any atom is 0.136 e. The Morgan fingerprint density at radius 2 is 1.48 bits per heavy atom. The molecule has 2 unspecified atom stereocenters. The van der Waals surface area contributed by atoms with E-state index in [4.69, 9.17) is 9.41 Å². The quantitative estimate of drug-likeness (QED) is 0.0839. The fraction of sp³-hybridized carbons (Fsp3) is 0.254. The minimum Gasteiger partial charge on any atom is -0.456 e. The number of hydrogen-bond acceptors (Lipinski definition) is 2. The summed E-state index contributed by atoms with van der Waals surface area (Å²) in [6, 6.07) is 38.6. The molecule has 0 aliphatic heterocycles. The van der Waals surface area contributed by atoms with Crippen molar-refractivity contribution in [2.75, 3.05) is 0 Å². The summed E-state index contributed by atoms with van der Waals surface area (Å²) in [4.78, 5) is 5.39. The van der Waals surface area contributed by atoms with E-state index >= 15 is 0 Å². The van der Waals surface area contributed by atoms with Gasteiger partial charge >= 0.3 is 0 Å². The molecule has 5 aromatic carbocycles. The number of rotatable bonds is 13. The molecule has 1 heterocycles. The van der Waals surface area contributed by atoms with E-state index < -0.39 is 0 Å². The van der Waals surface area contributed by atoms with Gasteiger partial charge in [0, 0.05) is 22.3 Å². The second-order valence-electron chi connectivity index (χ2n) is 17.6. The van der Waals surface area contributed by atoms with Gasteiger partial charge in [-0.2, -0.15) is 0 Å². The van der Waals surface area contributed by atoms with Crippen LogP contribution in [0.5, 0.6) is 0 Å². The van der Waals surface area contributed by atoms with Gasteiger partial charge in [-0.05, 0) is 140 Å². The Hall–Kier alpha value is -6.69. The lowest BCUT2D eigenvalue weighted by atomic mass is 9.77. The van der Waals surface area contributed by atoms with Gasteiger partial charge in [-0.3, -0.25) is 4.99 Å². The lowest BCUT2D eigenvalue weighted by Gasteiger charge is -2.26. The van der Waals surface area contributed by atoms with Crippen LogP contribution in [0, 0.1) is 31.6 Å². The number of allylic oxidation sites excluding steroid dienone is 8. The molecule has 0 radical (unpaired) electrons. The number of furan rings is 1. The third-order valence-corrected chi connectivity index (χ3v) is 13.0. The molecule has 2 heteroatoms. The van der Waals surface area contributed by atoms with Crippen LogP contribution in [0.1, 0.15) is 131 Å². The van der Waals surface area contributed by atoms with Crippen molar-refractivity contribution in [3.05, 3.63) is 214 Å². The average molecular weight is 854 g/mol. The van der Waals surface area contributed by atoms with Gasteiger partial charge in [0.2, 0.25) is 0 Å². The topological polar surface area (TPSA) is 25.5 Å². The highest BCUT2D eigenvalue weighted by Crippen LogP contribution is 2.50. The van der Waals surface area contributed by atoms with Gasteiger partial charge in [-0.15, -0.1) is 5.92 Å². The van der Waals surface area contributed by atoms with E-state index in [1.807, 2.05) is 32.1 Å². The second kappa shape index (κ2) is 21.3. The summed E-state index contributed by atoms with van der Waals surface area (Å²) in [6.07, 6.45) is 14.5. The zero-order chi connectivity index (χ0) is 46.8. The molecule has 0 bridgehead atoms. The van der Waals surface area contributed by atoms with Crippen molar-refractivity contribution in [1.29, 1.82) is 0 Å². The Bertz CT molecular complexity index is 2920. The van der Waals surface area contributed by atoms with Crippen molar-refractivity contribution in [2.24, 2.45) is 10.9 Å². The first kappa shape index (κ1) is 47.8. The zero-order valence-corrected chi connectivity index (χ0v) is 40.7. The molecule has 0 N–H and O–H groups in total. The van der Waals surface area contributed by atoms with Crippen LogP contribution >= 0.6 is 0 Å². The highest BCUT2D eigenvalue weighted by molar-refractivity contribution is 6.05. The monoisotopic (exact) mass is 854 g/mol. The van der Waals surface area contributed by atoms with Crippen LogP contribution in [0.4, 0.5) is 0 Å². The van der Waals surface area contributed by atoms with E-state index in [0.717, 1.165) is 45.6 Å². The summed E-state index contributed by atoms with van der Waals surface area (Å²) in [5.74, 6) is 7.38. The van der Waals surface area contributed by atoms with Gasteiger partial charge in [-0.1, -0.05) is 192 Å². The minimum atomic E-state index is -0.317. The van der Waals surface area contributed by atoms with Crippen molar-refractivity contribution in [2.45, 2.75) is 100 Å². The number of aryl methyl sites for hydroxylation is 2. The predicted molar refractivity (Wildman–Crippen MR) is 284 cm³/mol. The van der Waals surface area contributed by atoms with E-state index in [0.29, 0.717) is 0 Å². The van der Waals surface area contributed by atoms with E-state index in [-0.39, 0.29) is 17.4 Å². The molecule has 6 aromatic rings. The molecular formula is C63H67NO. The fourth-order valence-electron chi connectivity index (χ4n) is 9.57. The summed E-state index contributed by atoms with van der Waals surface area (Å²) in [5.41, 5.74) is 21.1. The largest absolute Gasteiger partial charge is 0.456 e. The third kappa shape index (κ3) is 10.0. The van der Waals surface area contributed by atoms with E-state index in [1.54, 1.807) is 6.08 Å². The molecule has 1 aliphatic rings. The molecule has 0 spiro atoms. The normalized spacial score (nSPS) is 14.7. The Labute approximate surface area is 390 Å². The predicted octanol–water partition coefficient (Wildman–Crippen LogP) is 17.5. The molecule has 330 valence electrons. The average Bonchev–Trinajstić information content (AvgIpc) is 3.77. The van der Waals surface area contributed by atoms with Crippen LogP contribution in [-0.4, -0.2) is 5.71 Å². The van der Waals surface area contributed by atoms with Gasteiger partial charge in [0.15, 0.2) is 0 Å². The van der Waals surface area contributed by atoms with E-state index in [1.165, 1.54) is 73.2 Å². The molecule has 2 atom stereocenters. The Morgan fingerprint density at radius 1 is 0.785 bits per heavy atom. The number of aliphatic imine (C=N–C) groups is 1. The second-order valence-corrected chi connectivity index (χ2v) is 17.6. The van der Waals surface area contributed by atoms with Gasteiger partial charge in [0.25, 0.3) is 0 Å². The standard InChI is InChI=1S/C37H37NO.C26H30/c1-8-15-32-33-24-30(21-22-36(33)39-35(32)10-3)34(16-9-2)38-37(31-20-14-17-25(4)23-31)28(7)26(5)27(6)29-18-12-11-13-19-29;1-7-12-19-14-10-11-15-22(19)21-16-17-23-20(9-3)24(13-8-2)26(5,6)25(23)18(21)4/h8,10-15,17-24,28,34H,3H2,1-2,4-7H3;8-11,13-17H,3,7,12H2,1-2,4-6H3/b15-8-,27-26+,38-37?;13-8-. The molecule has 0 saturated heterocycles. The highest BCUT2D eigenvalue weighted by Gasteiger charge is 2.37. The van der Waals surface area contributed by atoms with Crippen molar-refractivity contribution in [3.8, 4) is 23.0 Å². The third-order valence-electron chi connectivity index (χ3n) is 13.0. The Balaban J connectivity index is 0.000000233. The molecule has 2 nitrogen and oxygen atoms in total. The van der Waals surface area contributed by atoms with Crippen molar-refractivity contribution in [3.63, 3.8) is 0 Å². The van der Waals surface area contributed by atoms with Crippen LogP contribution in [0.15, 0.2) is 167 Å². The van der Waals surface area contributed by atoms with Crippen LogP contribution in [0.25, 0.3) is 45.4 Å². The van der Waals surface area contributed by atoms with E-state index in [9.17, 15) is 0 Å². The first-order valence-corrected chi connectivity index (χ1v) is 23.2. The first-order chi connectivity index (χ1) is 31.3. The molecule has 65 heavy (non-hydrogen) atoms. The highest BCUT2D eigenvalue weighted by atomic mass is 16.3. The van der Waals surface area contributed by atoms with Gasteiger partial charge in [0.05, 0.1) is 5.71 Å². The van der Waals surface area contributed by atoms with Gasteiger partial charge < -0.3 is 4.42 Å². The molecule has 1 aromatic heterocycles. The zero-order valence-electron chi connectivity index (χ0n) is 40.7. The summed E-state index contributed by atoms with van der Waals surface area (Å²) >= 11 is 0. The lowest BCUT2D eigenvalue weighted by molar-refractivity contribution is 0.603. The summed E-state index contributed by atoms with van der Waals surface area (Å²) < 4.78 is 6.05. The first-order valence-electron chi connectivity index (χ1n) is 23.2. The van der Waals surface area contributed by atoms with E-state index in [2.05, 4.69) is 209 Å². The summed E-state index contributed by atoms with van der Waals surface area (Å²) in [7, 11) is 0. The fourth-order valence-corrected chi connectivity index (χ4v) is 9.57. The molecule has 1 aliphatic carbocycles. The van der Waals surface area contributed by atoms with Crippen molar-refractivity contribution in [1.82, 2.24) is 0 Å². The molecule has 0 saturated carbocycles. The number of hydrogen-bond donors (Lipinski definition) is 0. The van der Waals surface area contributed by atoms with Crippen LogP contribution in [0.2, 0.25) is 0 Å². The Kier molecular flexibility index (Phi) is 15.7. The molecular weight excluding hydrogens is 787 g/mol. The van der Waals surface area contributed by atoms with Gasteiger partial charge in [-0.25, -0.2) is 0 Å². The molecule has 7 rings (SSSR count). The maximum atomic E-state index is 6.05. The van der Waals surface area contributed by atoms with Crippen molar-refractivity contribution < 1.29 is 4.42 Å². The summed E-state index contributed by atoms with van der Waals surface area (Å²) in [5, 5.41) is 1.04. The number of fused-ring (bicyclic) bond motifs is 2. The van der Waals surface area contributed by atoms with Crippen LogP contribution < -0.4 is 0 Å². The van der Waals surface area contributed by atoms with Crippen LogP contribution in [-0.2, 0) is 11.8 Å². The molecule has 0 amide bonds. The minimum absolute atomic E-state index is 0.00877. The number of benzene rings is 5. The Morgan fingerprint density at radius 3 is 2.14 bits per heavy atom. The SMILES string of the molecule is C=CC1=C(/C=C\C)C(C)(C)c2c1ccc(-c1ccccc1CCC)c2C.C=Cc1oc2ccc(C(C#CC)N=C(c3cccc(C)c3)C(C)/C(C)=C(\C)c3ccccc3)cc2c1/C=C\C. The number of nitrogens with zero attached hydrogens (tertiary/aromatic N) is 1. The molecule has 0 fully saturated rings. The maximum absolute atomic E-state index is 6.05. The van der Waals surface area contributed by atoms with Crippen molar-refractivity contribution >= 4 is 40.0 Å². The van der Waals surface area contributed by atoms with Crippen LogP contribution in [0.3, 0.4) is 0 Å². The lowest BCUT2D eigenvalue weighted by Crippen LogP contribution is -2.18. The van der Waals surface area contributed by atoms with Gasteiger partial charge in [0.1, 0.15) is 17.4 Å². The smallest absolute Gasteiger partial charge is 0.136 e. The summed E-state index contributed by atoms with van der Waals surface area (Å²) in [6.45, 7) is 32.0.